The molecular formula is C11H17N3O. The fourth-order valence-corrected chi connectivity index (χ4v) is 1.99. The smallest absolute Gasteiger partial charge is 0.129 e. The molecule has 1 fully saturated rings. The van der Waals surface area contributed by atoms with Gasteiger partial charge >= 0.3 is 0 Å². The SMILES string of the molecule is OC1CCC(CNc2ccncn2)CC1. The van der Waals surface area contributed by atoms with Gasteiger partial charge in [0.25, 0.3) is 0 Å². The third-order valence-corrected chi connectivity index (χ3v) is 2.97. The Labute approximate surface area is 89.8 Å². The third-order valence-electron chi connectivity index (χ3n) is 2.97. The van der Waals surface area contributed by atoms with Gasteiger partial charge in [-0.15, -0.1) is 0 Å². The number of aliphatic hydroxyl groups is 1. The van der Waals surface area contributed by atoms with E-state index in [1.165, 1.54) is 0 Å². The van der Waals surface area contributed by atoms with Gasteiger partial charge in [0.15, 0.2) is 0 Å². The highest BCUT2D eigenvalue weighted by Crippen LogP contribution is 2.24. The van der Waals surface area contributed by atoms with Crippen LogP contribution in [-0.4, -0.2) is 27.7 Å². The predicted octanol–water partition coefficient (Wildman–Crippen LogP) is 1.44. The van der Waals surface area contributed by atoms with Crippen molar-refractivity contribution in [2.45, 2.75) is 31.8 Å². The minimum Gasteiger partial charge on any atom is -0.393 e. The van der Waals surface area contributed by atoms with Crippen LogP contribution in [-0.2, 0) is 0 Å². The third kappa shape index (κ3) is 3.16. The second kappa shape index (κ2) is 5.07. The summed E-state index contributed by atoms with van der Waals surface area (Å²) < 4.78 is 0. The topological polar surface area (TPSA) is 58.0 Å². The first kappa shape index (κ1) is 10.4. The quantitative estimate of drug-likeness (QED) is 0.787. The van der Waals surface area contributed by atoms with Crippen LogP contribution in [0.5, 0.6) is 0 Å². The van der Waals surface area contributed by atoms with Crippen molar-refractivity contribution in [3.8, 4) is 0 Å². The van der Waals surface area contributed by atoms with Gasteiger partial charge in [-0.25, -0.2) is 9.97 Å². The van der Waals surface area contributed by atoms with Crippen molar-refractivity contribution >= 4 is 5.82 Å². The van der Waals surface area contributed by atoms with E-state index in [-0.39, 0.29) is 6.10 Å². The van der Waals surface area contributed by atoms with Crippen LogP contribution in [0.3, 0.4) is 0 Å². The summed E-state index contributed by atoms with van der Waals surface area (Å²) in [6.45, 7) is 0.948. The van der Waals surface area contributed by atoms with Crippen LogP contribution in [0.1, 0.15) is 25.7 Å². The Morgan fingerprint density at radius 3 is 2.80 bits per heavy atom. The zero-order chi connectivity index (χ0) is 10.5. The van der Waals surface area contributed by atoms with Gasteiger partial charge in [0.05, 0.1) is 6.10 Å². The summed E-state index contributed by atoms with van der Waals surface area (Å²) in [4.78, 5) is 7.97. The minimum absolute atomic E-state index is 0.0692. The lowest BCUT2D eigenvalue weighted by Gasteiger charge is -2.25. The van der Waals surface area contributed by atoms with E-state index in [2.05, 4.69) is 15.3 Å². The zero-order valence-electron chi connectivity index (χ0n) is 8.76. The summed E-state index contributed by atoms with van der Waals surface area (Å²) in [5.41, 5.74) is 0. The Morgan fingerprint density at radius 2 is 2.13 bits per heavy atom. The number of nitrogens with one attached hydrogen (secondary N) is 1. The van der Waals surface area contributed by atoms with Gasteiger partial charge < -0.3 is 10.4 Å². The number of aromatic nitrogens is 2. The fourth-order valence-electron chi connectivity index (χ4n) is 1.99. The Bertz CT molecular complexity index is 283. The van der Waals surface area contributed by atoms with Gasteiger partial charge in [0, 0.05) is 12.7 Å². The molecule has 1 saturated carbocycles. The normalized spacial score (nSPS) is 26.2. The molecule has 4 nitrogen and oxygen atoms in total. The van der Waals surface area contributed by atoms with E-state index in [1.807, 2.05) is 6.07 Å². The fraction of sp³-hybridized carbons (Fsp3) is 0.636. The maximum Gasteiger partial charge on any atom is 0.129 e. The van der Waals surface area contributed by atoms with Crippen molar-refractivity contribution in [1.82, 2.24) is 9.97 Å². The first-order chi connectivity index (χ1) is 7.34. The van der Waals surface area contributed by atoms with Crippen molar-refractivity contribution < 1.29 is 5.11 Å². The number of hydrogen-bond donors (Lipinski definition) is 2. The molecule has 0 atom stereocenters. The van der Waals surface area contributed by atoms with Crippen molar-refractivity contribution in [3.63, 3.8) is 0 Å². The van der Waals surface area contributed by atoms with Crippen LogP contribution in [0, 0.1) is 5.92 Å². The molecule has 0 radical (unpaired) electrons. The molecule has 1 aliphatic rings. The highest BCUT2D eigenvalue weighted by atomic mass is 16.3. The van der Waals surface area contributed by atoms with E-state index in [0.29, 0.717) is 5.92 Å². The van der Waals surface area contributed by atoms with Gasteiger partial charge in [0.1, 0.15) is 12.1 Å². The molecule has 1 heterocycles. The summed E-state index contributed by atoms with van der Waals surface area (Å²) in [6, 6.07) is 1.87. The molecule has 0 bridgehead atoms. The van der Waals surface area contributed by atoms with Gasteiger partial charge in [0.2, 0.25) is 0 Å². The second-order valence-corrected chi connectivity index (χ2v) is 4.15. The summed E-state index contributed by atoms with van der Waals surface area (Å²) in [6.07, 6.45) is 7.32. The molecule has 4 heteroatoms. The average molecular weight is 207 g/mol. The lowest BCUT2D eigenvalue weighted by molar-refractivity contribution is 0.111. The van der Waals surface area contributed by atoms with Gasteiger partial charge in [-0.2, -0.15) is 0 Å². The number of nitrogens with zero attached hydrogens (tertiary/aromatic N) is 2. The van der Waals surface area contributed by atoms with Crippen molar-refractivity contribution in [1.29, 1.82) is 0 Å². The van der Waals surface area contributed by atoms with Crippen LogP contribution in [0.25, 0.3) is 0 Å². The molecule has 1 aromatic heterocycles. The van der Waals surface area contributed by atoms with Crippen molar-refractivity contribution in [2.75, 3.05) is 11.9 Å². The molecule has 0 aliphatic heterocycles. The lowest BCUT2D eigenvalue weighted by Crippen LogP contribution is -2.23. The Morgan fingerprint density at radius 1 is 1.33 bits per heavy atom. The Kier molecular flexibility index (Phi) is 3.50. The Balaban J connectivity index is 1.74. The van der Waals surface area contributed by atoms with E-state index < -0.39 is 0 Å². The molecule has 0 saturated heterocycles. The zero-order valence-corrected chi connectivity index (χ0v) is 8.76. The van der Waals surface area contributed by atoms with Gasteiger partial charge in [-0.05, 0) is 37.7 Å². The number of hydrogen-bond acceptors (Lipinski definition) is 4. The van der Waals surface area contributed by atoms with E-state index in [9.17, 15) is 5.11 Å². The maximum absolute atomic E-state index is 9.37. The molecule has 2 rings (SSSR count). The summed E-state index contributed by atoms with van der Waals surface area (Å²) >= 11 is 0. The van der Waals surface area contributed by atoms with Crippen LogP contribution < -0.4 is 5.32 Å². The lowest BCUT2D eigenvalue weighted by atomic mass is 9.87. The average Bonchev–Trinajstić information content (AvgIpc) is 2.30. The van der Waals surface area contributed by atoms with E-state index in [4.69, 9.17) is 0 Å². The van der Waals surface area contributed by atoms with Crippen molar-refractivity contribution in [3.05, 3.63) is 18.6 Å². The minimum atomic E-state index is -0.0692. The van der Waals surface area contributed by atoms with E-state index >= 15 is 0 Å². The second-order valence-electron chi connectivity index (χ2n) is 4.15. The molecule has 0 amide bonds. The van der Waals surface area contributed by atoms with E-state index in [1.54, 1.807) is 12.5 Å². The summed E-state index contributed by atoms with van der Waals surface area (Å²) in [5, 5.41) is 12.7. The molecule has 82 valence electrons. The van der Waals surface area contributed by atoms with Crippen LogP contribution in [0.4, 0.5) is 5.82 Å². The van der Waals surface area contributed by atoms with E-state index in [0.717, 1.165) is 38.0 Å². The van der Waals surface area contributed by atoms with Gasteiger partial charge in [-0.3, -0.25) is 0 Å². The van der Waals surface area contributed by atoms with Crippen LogP contribution >= 0.6 is 0 Å². The molecule has 0 spiro atoms. The Hall–Kier alpha value is -1.16. The van der Waals surface area contributed by atoms with Crippen LogP contribution in [0.15, 0.2) is 18.6 Å². The molecule has 1 aromatic rings. The maximum atomic E-state index is 9.37. The molecule has 15 heavy (non-hydrogen) atoms. The first-order valence-electron chi connectivity index (χ1n) is 5.52. The molecule has 1 aliphatic carbocycles. The number of anilines is 1. The largest absolute Gasteiger partial charge is 0.393 e. The highest BCUT2D eigenvalue weighted by Gasteiger charge is 2.18. The first-order valence-corrected chi connectivity index (χ1v) is 5.52. The molecule has 0 aromatic carbocycles. The highest BCUT2D eigenvalue weighted by molar-refractivity contribution is 5.31. The molecular weight excluding hydrogens is 190 g/mol. The molecule has 0 unspecified atom stereocenters. The number of rotatable bonds is 3. The summed E-state index contributed by atoms with van der Waals surface area (Å²) in [5.74, 6) is 1.56. The number of aliphatic hydroxyl groups excluding tert-OH is 1. The summed E-state index contributed by atoms with van der Waals surface area (Å²) in [7, 11) is 0. The van der Waals surface area contributed by atoms with Gasteiger partial charge in [-0.1, -0.05) is 0 Å². The monoisotopic (exact) mass is 207 g/mol. The standard InChI is InChI=1S/C11H17N3O/c15-10-3-1-9(2-4-10)7-13-11-5-6-12-8-14-11/h5-6,8-10,15H,1-4,7H2,(H,12,13,14). The predicted molar refractivity (Wildman–Crippen MR) is 58.5 cm³/mol. The molecule has 2 N–H and O–H groups in total. The van der Waals surface area contributed by atoms with Crippen molar-refractivity contribution in [2.24, 2.45) is 5.92 Å². The van der Waals surface area contributed by atoms with Crippen LogP contribution in [0.2, 0.25) is 0 Å².